The first-order valence-electron chi connectivity index (χ1n) is 8.84. The molecule has 7 heteroatoms. The van der Waals surface area contributed by atoms with Crippen LogP contribution in [0.5, 0.6) is 0 Å². The minimum Gasteiger partial charge on any atom is -0.352 e. The van der Waals surface area contributed by atoms with Gasteiger partial charge in [-0.1, -0.05) is 30.8 Å². The van der Waals surface area contributed by atoms with E-state index in [9.17, 15) is 4.79 Å². The number of H-pyrrole nitrogens is 1. The molecule has 0 spiro atoms. The predicted octanol–water partition coefficient (Wildman–Crippen LogP) is 2.31. The minimum atomic E-state index is -0.138. The van der Waals surface area contributed by atoms with Gasteiger partial charge in [0.1, 0.15) is 6.79 Å². The number of piperidine rings is 1. The molecule has 25 heavy (non-hydrogen) atoms. The molecular weight excluding hydrogens is 338 g/mol. The van der Waals surface area contributed by atoms with Crippen LogP contribution in [0, 0.1) is 11.8 Å². The number of imidazole rings is 1. The van der Waals surface area contributed by atoms with Crippen molar-refractivity contribution < 1.29 is 14.3 Å². The molecule has 2 N–H and O–H groups in total. The van der Waals surface area contributed by atoms with Crippen LogP contribution in [-0.4, -0.2) is 46.2 Å². The molecule has 1 aliphatic carbocycles. The fourth-order valence-electron chi connectivity index (χ4n) is 4.47. The van der Waals surface area contributed by atoms with E-state index in [4.69, 9.17) is 9.47 Å². The molecule has 0 radical (unpaired) electrons. The Labute approximate surface area is 150 Å². The number of hydrogen-bond donors (Lipinski definition) is 2. The van der Waals surface area contributed by atoms with Crippen molar-refractivity contribution in [2.75, 3.05) is 6.79 Å². The fraction of sp³-hybridized carbons (Fsp3) is 0.556. The van der Waals surface area contributed by atoms with Gasteiger partial charge < -0.3 is 19.8 Å². The van der Waals surface area contributed by atoms with Gasteiger partial charge in [-0.15, -0.1) is 0 Å². The SMILES string of the molecule is CC1C(Sc2nc3ccccc3[nH]2)C(=O)NC2CC3OCOC3CC21. The van der Waals surface area contributed by atoms with Gasteiger partial charge >= 0.3 is 0 Å². The van der Waals surface area contributed by atoms with Crippen molar-refractivity contribution in [1.29, 1.82) is 0 Å². The first kappa shape index (κ1) is 15.7. The highest BCUT2D eigenvalue weighted by molar-refractivity contribution is 8.00. The summed E-state index contributed by atoms with van der Waals surface area (Å²) in [6, 6.07) is 8.14. The predicted molar refractivity (Wildman–Crippen MR) is 94.2 cm³/mol. The number of thioether (sulfide) groups is 1. The van der Waals surface area contributed by atoms with E-state index in [-0.39, 0.29) is 35.3 Å². The number of para-hydroxylation sites is 2. The number of carbonyl (C=O) groups is 1. The standard InChI is InChI=1S/C18H21N3O3S/c1-9-10-6-14-15(24-8-23-14)7-13(10)19-17(22)16(9)25-18-20-11-4-2-3-5-12(11)21-18/h2-5,9-10,13-16H,6-8H2,1H3,(H,19,22)(H,20,21). The quantitative estimate of drug-likeness (QED) is 0.861. The second-order valence-corrected chi connectivity index (χ2v) is 8.37. The fourth-order valence-corrected chi connectivity index (χ4v) is 5.62. The summed E-state index contributed by atoms with van der Waals surface area (Å²) in [4.78, 5) is 20.7. The van der Waals surface area contributed by atoms with Crippen molar-refractivity contribution in [2.24, 2.45) is 11.8 Å². The van der Waals surface area contributed by atoms with Gasteiger partial charge in [0, 0.05) is 6.04 Å². The van der Waals surface area contributed by atoms with E-state index in [0.29, 0.717) is 12.7 Å². The molecule has 2 saturated heterocycles. The number of aromatic nitrogens is 2. The number of rotatable bonds is 2. The lowest BCUT2D eigenvalue weighted by Crippen LogP contribution is -2.59. The van der Waals surface area contributed by atoms with Gasteiger partial charge in [-0.3, -0.25) is 4.79 Å². The number of fused-ring (bicyclic) bond motifs is 3. The third-order valence-electron chi connectivity index (χ3n) is 5.83. The number of carbonyl (C=O) groups excluding carboxylic acids is 1. The summed E-state index contributed by atoms with van der Waals surface area (Å²) >= 11 is 1.54. The number of nitrogens with zero attached hydrogens (tertiary/aromatic N) is 1. The highest BCUT2D eigenvalue weighted by Gasteiger charge is 2.49. The maximum atomic E-state index is 12.7. The summed E-state index contributed by atoms with van der Waals surface area (Å²) in [5.41, 5.74) is 1.94. The molecule has 1 aromatic carbocycles. The number of amides is 1. The Morgan fingerprint density at radius 1 is 1.20 bits per heavy atom. The normalized spacial score (nSPS) is 37.6. The van der Waals surface area contributed by atoms with Crippen LogP contribution in [0.4, 0.5) is 0 Å². The Hall–Kier alpha value is -1.57. The van der Waals surface area contributed by atoms with E-state index in [2.05, 4.69) is 22.2 Å². The first-order chi connectivity index (χ1) is 12.2. The van der Waals surface area contributed by atoms with E-state index in [0.717, 1.165) is 29.0 Å². The monoisotopic (exact) mass is 359 g/mol. The van der Waals surface area contributed by atoms with E-state index < -0.39 is 0 Å². The summed E-state index contributed by atoms with van der Waals surface area (Å²) in [7, 11) is 0. The summed E-state index contributed by atoms with van der Waals surface area (Å²) < 4.78 is 11.4. The topological polar surface area (TPSA) is 76.2 Å². The lowest BCUT2D eigenvalue weighted by molar-refractivity contribution is -0.127. The molecule has 1 amide bonds. The average Bonchev–Trinajstić information content (AvgIpc) is 3.22. The molecular formula is C18H21N3O3S. The summed E-state index contributed by atoms with van der Waals surface area (Å²) in [5, 5.41) is 3.90. The molecule has 3 fully saturated rings. The lowest BCUT2D eigenvalue weighted by Gasteiger charge is -2.46. The average molecular weight is 359 g/mol. The van der Waals surface area contributed by atoms with Crippen LogP contribution < -0.4 is 5.32 Å². The molecule has 6 unspecified atom stereocenters. The minimum absolute atomic E-state index is 0.108. The Bertz CT molecular complexity index is 777. The number of hydrogen-bond acceptors (Lipinski definition) is 5. The third-order valence-corrected chi connectivity index (χ3v) is 7.15. The molecule has 2 aromatic rings. The lowest BCUT2D eigenvalue weighted by atomic mass is 9.71. The van der Waals surface area contributed by atoms with E-state index in [1.165, 1.54) is 11.8 Å². The van der Waals surface area contributed by atoms with E-state index in [1.807, 2.05) is 24.3 Å². The summed E-state index contributed by atoms with van der Waals surface area (Å²) in [5.74, 6) is 0.793. The number of aromatic amines is 1. The second kappa shape index (κ2) is 6.00. The van der Waals surface area contributed by atoms with Crippen LogP contribution in [0.25, 0.3) is 11.0 Å². The molecule has 3 heterocycles. The highest BCUT2D eigenvalue weighted by atomic mass is 32.2. The van der Waals surface area contributed by atoms with E-state index >= 15 is 0 Å². The smallest absolute Gasteiger partial charge is 0.234 e. The van der Waals surface area contributed by atoms with Crippen LogP contribution in [0.3, 0.4) is 0 Å². The highest BCUT2D eigenvalue weighted by Crippen LogP contribution is 2.43. The summed E-state index contributed by atoms with van der Waals surface area (Å²) in [6.45, 7) is 2.57. The Morgan fingerprint density at radius 2 is 2.00 bits per heavy atom. The van der Waals surface area contributed by atoms with Crippen LogP contribution in [-0.2, 0) is 14.3 Å². The van der Waals surface area contributed by atoms with Gasteiger partial charge in [0.15, 0.2) is 5.16 Å². The Kier molecular flexibility index (Phi) is 3.76. The van der Waals surface area contributed by atoms with Gasteiger partial charge in [0.2, 0.25) is 5.91 Å². The molecule has 1 saturated carbocycles. The molecule has 6 atom stereocenters. The Balaban J connectivity index is 1.37. The van der Waals surface area contributed by atoms with Crippen LogP contribution >= 0.6 is 11.8 Å². The van der Waals surface area contributed by atoms with Crippen molar-refractivity contribution in [3.8, 4) is 0 Å². The van der Waals surface area contributed by atoms with Gasteiger partial charge in [0.05, 0.1) is 28.5 Å². The zero-order chi connectivity index (χ0) is 17.0. The summed E-state index contributed by atoms with van der Waals surface area (Å²) in [6.07, 6.45) is 2.12. The number of ether oxygens (including phenoxy) is 2. The van der Waals surface area contributed by atoms with Gasteiger partial charge in [0.25, 0.3) is 0 Å². The maximum absolute atomic E-state index is 12.7. The van der Waals surface area contributed by atoms with Crippen molar-refractivity contribution in [3.05, 3.63) is 24.3 Å². The van der Waals surface area contributed by atoms with Crippen LogP contribution in [0.15, 0.2) is 29.4 Å². The van der Waals surface area contributed by atoms with Crippen LogP contribution in [0.2, 0.25) is 0 Å². The first-order valence-corrected chi connectivity index (χ1v) is 9.72. The van der Waals surface area contributed by atoms with Crippen molar-refractivity contribution in [3.63, 3.8) is 0 Å². The molecule has 0 bridgehead atoms. The number of benzene rings is 1. The van der Waals surface area contributed by atoms with Gasteiger partial charge in [-0.05, 0) is 36.8 Å². The van der Waals surface area contributed by atoms with Crippen LogP contribution in [0.1, 0.15) is 19.8 Å². The molecule has 132 valence electrons. The Morgan fingerprint density at radius 3 is 2.84 bits per heavy atom. The van der Waals surface area contributed by atoms with Crippen molar-refractivity contribution >= 4 is 28.7 Å². The zero-order valence-corrected chi connectivity index (χ0v) is 14.8. The molecule has 2 aliphatic heterocycles. The van der Waals surface area contributed by atoms with Crippen molar-refractivity contribution in [1.82, 2.24) is 15.3 Å². The van der Waals surface area contributed by atoms with Gasteiger partial charge in [-0.2, -0.15) is 0 Å². The van der Waals surface area contributed by atoms with Crippen molar-refractivity contribution in [2.45, 2.75) is 48.4 Å². The zero-order valence-electron chi connectivity index (χ0n) is 14.0. The molecule has 1 aromatic heterocycles. The molecule has 3 aliphatic rings. The van der Waals surface area contributed by atoms with Gasteiger partial charge in [-0.25, -0.2) is 4.98 Å². The largest absolute Gasteiger partial charge is 0.352 e. The molecule has 6 nitrogen and oxygen atoms in total. The maximum Gasteiger partial charge on any atom is 0.234 e. The number of nitrogens with one attached hydrogen (secondary N) is 2. The second-order valence-electron chi connectivity index (χ2n) is 7.24. The molecule has 5 rings (SSSR count). The third kappa shape index (κ3) is 2.65. The van der Waals surface area contributed by atoms with E-state index in [1.54, 1.807) is 0 Å².